The SMILES string of the molecule is CCCc1nc2ncc(C#N)c(CC)c2s1. The van der Waals surface area contributed by atoms with Gasteiger partial charge in [0.05, 0.1) is 15.3 Å². The van der Waals surface area contributed by atoms with Crippen molar-refractivity contribution in [3.8, 4) is 6.07 Å². The molecule has 0 fully saturated rings. The molecule has 2 rings (SSSR count). The number of thiazole rings is 1. The van der Waals surface area contributed by atoms with Crippen LogP contribution in [0, 0.1) is 11.3 Å². The Labute approximate surface area is 98.8 Å². The van der Waals surface area contributed by atoms with E-state index in [1.165, 1.54) is 0 Å². The molecule has 2 heterocycles. The molecule has 2 aromatic heterocycles. The van der Waals surface area contributed by atoms with E-state index in [-0.39, 0.29) is 0 Å². The Bertz CT molecular complexity index is 551. The van der Waals surface area contributed by atoms with Gasteiger partial charge in [-0.25, -0.2) is 9.97 Å². The van der Waals surface area contributed by atoms with Gasteiger partial charge in [-0.05, 0) is 24.8 Å². The minimum atomic E-state index is 0.682. The largest absolute Gasteiger partial charge is 0.234 e. The Hall–Kier alpha value is -1.47. The summed E-state index contributed by atoms with van der Waals surface area (Å²) in [5.41, 5.74) is 2.57. The van der Waals surface area contributed by atoms with Gasteiger partial charge in [-0.1, -0.05) is 13.8 Å². The predicted molar refractivity (Wildman–Crippen MR) is 65.5 cm³/mol. The summed E-state index contributed by atoms with van der Waals surface area (Å²) in [5, 5.41) is 10.1. The molecule has 0 spiro atoms. The van der Waals surface area contributed by atoms with Gasteiger partial charge in [0, 0.05) is 6.20 Å². The molecular formula is C12H13N3S. The van der Waals surface area contributed by atoms with Gasteiger partial charge in [-0.15, -0.1) is 11.3 Å². The number of hydrogen-bond acceptors (Lipinski definition) is 4. The summed E-state index contributed by atoms with van der Waals surface area (Å²) in [6.45, 7) is 4.20. The van der Waals surface area contributed by atoms with Crippen LogP contribution in [0.1, 0.15) is 36.4 Å². The van der Waals surface area contributed by atoms with Crippen LogP contribution in [0.2, 0.25) is 0 Å². The Balaban J connectivity index is 2.63. The standard InChI is InChI=1S/C12H13N3S/c1-3-5-10-15-12-11(16-10)9(4-2)8(6-13)7-14-12/h7H,3-5H2,1-2H3. The highest BCUT2D eigenvalue weighted by molar-refractivity contribution is 7.18. The summed E-state index contributed by atoms with van der Waals surface area (Å²) in [5.74, 6) is 0. The molecule has 0 saturated heterocycles. The summed E-state index contributed by atoms with van der Waals surface area (Å²) in [6, 6.07) is 2.20. The van der Waals surface area contributed by atoms with E-state index in [0.717, 1.165) is 40.2 Å². The van der Waals surface area contributed by atoms with Crippen LogP contribution in [0.15, 0.2) is 6.20 Å². The average molecular weight is 231 g/mol. The van der Waals surface area contributed by atoms with Crippen molar-refractivity contribution < 1.29 is 0 Å². The molecule has 0 N–H and O–H groups in total. The molecule has 0 aliphatic rings. The molecule has 16 heavy (non-hydrogen) atoms. The maximum absolute atomic E-state index is 9.01. The van der Waals surface area contributed by atoms with Crippen molar-refractivity contribution in [2.24, 2.45) is 0 Å². The predicted octanol–water partition coefficient (Wildman–Crippen LogP) is 3.08. The number of nitrogens with zero attached hydrogens (tertiary/aromatic N) is 3. The molecule has 3 nitrogen and oxygen atoms in total. The third-order valence-electron chi connectivity index (χ3n) is 2.51. The fourth-order valence-electron chi connectivity index (χ4n) is 1.73. The zero-order chi connectivity index (χ0) is 11.5. The third kappa shape index (κ3) is 1.79. The highest BCUT2D eigenvalue weighted by atomic mass is 32.1. The highest BCUT2D eigenvalue weighted by Crippen LogP contribution is 2.27. The smallest absolute Gasteiger partial charge is 0.170 e. The normalized spacial score (nSPS) is 10.6. The van der Waals surface area contributed by atoms with Crippen molar-refractivity contribution in [2.75, 3.05) is 0 Å². The quantitative estimate of drug-likeness (QED) is 0.815. The van der Waals surface area contributed by atoms with Gasteiger partial charge in [0.2, 0.25) is 0 Å². The van der Waals surface area contributed by atoms with E-state index in [0.29, 0.717) is 5.56 Å². The molecule has 0 aliphatic carbocycles. The molecule has 0 radical (unpaired) electrons. The average Bonchev–Trinajstić information content (AvgIpc) is 2.70. The zero-order valence-electron chi connectivity index (χ0n) is 9.45. The minimum absolute atomic E-state index is 0.682. The first-order chi connectivity index (χ1) is 7.80. The summed E-state index contributed by atoms with van der Waals surface area (Å²) < 4.78 is 1.09. The van der Waals surface area contributed by atoms with Crippen molar-refractivity contribution in [3.63, 3.8) is 0 Å². The van der Waals surface area contributed by atoms with Crippen LogP contribution in [-0.2, 0) is 12.8 Å². The lowest BCUT2D eigenvalue weighted by molar-refractivity contribution is 0.911. The molecule has 2 aromatic rings. The number of pyridine rings is 1. The maximum atomic E-state index is 9.01. The monoisotopic (exact) mass is 231 g/mol. The molecule has 0 atom stereocenters. The molecular weight excluding hydrogens is 218 g/mol. The Morgan fingerprint density at radius 2 is 2.25 bits per heavy atom. The van der Waals surface area contributed by atoms with E-state index in [1.807, 2.05) is 0 Å². The fourth-order valence-corrected chi connectivity index (χ4v) is 2.97. The minimum Gasteiger partial charge on any atom is -0.234 e. The second-order valence-corrected chi connectivity index (χ2v) is 4.71. The van der Waals surface area contributed by atoms with Gasteiger partial charge in [-0.3, -0.25) is 0 Å². The topological polar surface area (TPSA) is 49.6 Å². The van der Waals surface area contributed by atoms with E-state index in [2.05, 4.69) is 29.9 Å². The van der Waals surface area contributed by atoms with Gasteiger partial charge < -0.3 is 0 Å². The first-order valence-electron chi connectivity index (χ1n) is 5.47. The Morgan fingerprint density at radius 3 is 2.88 bits per heavy atom. The molecule has 0 aromatic carbocycles. The number of aryl methyl sites for hydroxylation is 2. The van der Waals surface area contributed by atoms with Crippen LogP contribution >= 0.6 is 11.3 Å². The van der Waals surface area contributed by atoms with Crippen molar-refractivity contribution >= 4 is 21.7 Å². The second-order valence-electron chi connectivity index (χ2n) is 3.63. The Kier molecular flexibility index (Phi) is 3.16. The highest BCUT2D eigenvalue weighted by Gasteiger charge is 2.11. The summed E-state index contributed by atoms with van der Waals surface area (Å²) in [6.07, 6.45) is 4.57. The maximum Gasteiger partial charge on any atom is 0.170 e. The molecule has 0 saturated carbocycles. The zero-order valence-corrected chi connectivity index (χ0v) is 10.3. The van der Waals surface area contributed by atoms with Gasteiger partial charge in [0.15, 0.2) is 5.65 Å². The van der Waals surface area contributed by atoms with Gasteiger partial charge in [0.25, 0.3) is 0 Å². The lowest BCUT2D eigenvalue weighted by atomic mass is 10.1. The summed E-state index contributed by atoms with van der Waals surface area (Å²) in [4.78, 5) is 8.72. The van der Waals surface area contributed by atoms with Crippen molar-refractivity contribution in [1.29, 1.82) is 5.26 Å². The van der Waals surface area contributed by atoms with Crippen molar-refractivity contribution in [3.05, 3.63) is 22.3 Å². The first kappa shape index (κ1) is 11.0. The van der Waals surface area contributed by atoms with E-state index in [9.17, 15) is 0 Å². The van der Waals surface area contributed by atoms with Gasteiger partial charge in [0.1, 0.15) is 6.07 Å². The number of hydrogen-bond donors (Lipinski definition) is 0. The van der Waals surface area contributed by atoms with Crippen molar-refractivity contribution in [2.45, 2.75) is 33.1 Å². The summed E-state index contributed by atoms with van der Waals surface area (Å²) >= 11 is 1.68. The van der Waals surface area contributed by atoms with Crippen LogP contribution in [0.3, 0.4) is 0 Å². The van der Waals surface area contributed by atoms with Crippen LogP contribution in [0.25, 0.3) is 10.3 Å². The number of aromatic nitrogens is 2. The molecule has 0 unspecified atom stereocenters. The van der Waals surface area contributed by atoms with Gasteiger partial charge in [-0.2, -0.15) is 5.26 Å². The van der Waals surface area contributed by atoms with Crippen LogP contribution < -0.4 is 0 Å². The molecule has 4 heteroatoms. The van der Waals surface area contributed by atoms with E-state index >= 15 is 0 Å². The first-order valence-corrected chi connectivity index (χ1v) is 6.29. The lowest BCUT2D eigenvalue weighted by Gasteiger charge is -1.99. The van der Waals surface area contributed by atoms with Crippen LogP contribution in [0.4, 0.5) is 0 Å². The van der Waals surface area contributed by atoms with E-state index < -0.39 is 0 Å². The summed E-state index contributed by atoms with van der Waals surface area (Å²) in [7, 11) is 0. The van der Waals surface area contributed by atoms with Crippen molar-refractivity contribution in [1.82, 2.24) is 9.97 Å². The number of fused-ring (bicyclic) bond motifs is 1. The molecule has 0 aliphatic heterocycles. The fraction of sp³-hybridized carbons (Fsp3) is 0.417. The second kappa shape index (κ2) is 4.58. The lowest BCUT2D eigenvalue weighted by Crippen LogP contribution is -1.90. The van der Waals surface area contributed by atoms with Crippen LogP contribution in [-0.4, -0.2) is 9.97 Å². The number of rotatable bonds is 3. The van der Waals surface area contributed by atoms with Gasteiger partial charge >= 0.3 is 0 Å². The number of nitriles is 1. The van der Waals surface area contributed by atoms with E-state index in [4.69, 9.17) is 5.26 Å². The third-order valence-corrected chi connectivity index (χ3v) is 3.67. The molecule has 0 amide bonds. The van der Waals surface area contributed by atoms with Crippen LogP contribution in [0.5, 0.6) is 0 Å². The Morgan fingerprint density at radius 1 is 1.44 bits per heavy atom. The van der Waals surface area contributed by atoms with E-state index in [1.54, 1.807) is 17.5 Å². The molecule has 82 valence electrons. The molecule has 0 bridgehead atoms.